The van der Waals surface area contributed by atoms with E-state index in [4.69, 9.17) is 14.2 Å². The van der Waals surface area contributed by atoms with Crippen LogP contribution in [0, 0.1) is 0 Å². The van der Waals surface area contributed by atoms with E-state index in [9.17, 15) is 29.1 Å². The van der Waals surface area contributed by atoms with Gasteiger partial charge in [0, 0.05) is 0 Å². The third kappa shape index (κ3) is 9.20. The van der Waals surface area contributed by atoms with Crippen LogP contribution in [0.3, 0.4) is 0 Å². The molecule has 41 heavy (non-hydrogen) atoms. The van der Waals surface area contributed by atoms with Crippen LogP contribution in [-0.4, -0.2) is 46.6 Å². The summed E-state index contributed by atoms with van der Waals surface area (Å²) in [4.78, 5) is 64.0. The van der Waals surface area contributed by atoms with Crippen LogP contribution >= 0.6 is 0 Å². The average Bonchev–Trinajstić information content (AvgIpc) is 2.98. The molecule has 3 aromatic rings. The Hall–Kier alpha value is -5.19. The van der Waals surface area contributed by atoms with Crippen LogP contribution in [-0.2, 0) is 53.2 Å². The van der Waals surface area contributed by atoms with Crippen molar-refractivity contribution in [3.63, 3.8) is 0 Å². The molecular formula is C30H30N2O9. The van der Waals surface area contributed by atoms with Crippen LogP contribution in [0.4, 0.5) is 4.79 Å². The van der Waals surface area contributed by atoms with Crippen LogP contribution in [0.25, 0.3) is 0 Å². The fourth-order valence-corrected chi connectivity index (χ4v) is 3.62. The number of rotatable bonds is 13. The highest BCUT2D eigenvalue weighted by Crippen LogP contribution is 2.19. The number of hydrogen-bond acceptors (Lipinski definition) is 8. The summed E-state index contributed by atoms with van der Waals surface area (Å²) in [6.07, 6.45) is -2.12. The molecule has 0 saturated heterocycles. The minimum Gasteiger partial charge on any atom is -0.481 e. The first-order valence-corrected chi connectivity index (χ1v) is 12.6. The summed E-state index contributed by atoms with van der Waals surface area (Å²) >= 11 is 0. The lowest BCUT2D eigenvalue weighted by molar-refractivity contribution is -0.173. The second-order valence-electron chi connectivity index (χ2n) is 9.02. The summed E-state index contributed by atoms with van der Waals surface area (Å²) < 4.78 is 15.7. The van der Waals surface area contributed by atoms with Gasteiger partial charge in [0.1, 0.15) is 25.9 Å². The van der Waals surface area contributed by atoms with Crippen molar-refractivity contribution < 1.29 is 43.3 Å². The van der Waals surface area contributed by atoms with Crippen molar-refractivity contribution >= 4 is 29.9 Å². The minimum absolute atomic E-state index is 0.0679. The maximum absolute atomic E-state index is 13.4. The van der Waals surface area contributed by atoms with E-state index >= 15 is 0 Å². The van der Waals surface area contributed by atoms with Gasteiger partial charge in [0.05, 0.1) is 6.42 Å². The Bertz CT molecular complexity index is 1280. The lowest BCUT2D eigenvalue weighted by atomic mass is 9.94. The van der Waals surface area contributed by atoms with Crippen LogP contribution in [0.2, 0.25) is 0 Å². The molecule has 3 aromatic carbocycles. The molecule has 0 aromatic heterocycles. The first-order valence-electron chi connectivity index (χ1n) is 12.6. The molecule has 11 heteroatoms. The van der Waals surface area contributed by atoms with Gasteiger partial charge in [-0.3, -0.25) is 9.59 Å². The maximum Gasteiger partial charge on any atom is 0.408 e. The zero-order valence-corrected chi connectivity index (χ0v) is 22.3. The molecule has 1 atom stereocenters. The lowest BCUT2D eigenvalue weighted by Crippen LogP contribution is -2.64. The molecule has 0 saturated carbocycles. The number of carbonyl (C=O) groups is 5. The number of esters is 2. The van der Waals surface area contributed by atoms with E-state index in [1.165, 1.54) is 6.92 Å². The van der Waals surface area contributed by atoms with Crippen molar-refractivity contribution in [1.82, 2.24) is 10.6 Å². The van der Waals surface area contributed by atoms with Crippen LogP contribution in [0.5, 0.6) is 0 Å². The predicted octanol–water partition coefficient (Wildman–Crippen LogP) is 3.12. The molecule has 0 aliphatic rings. The van der Waals surface area contributed by atoms with E-state index in [-0.39, 0.29) is 19.8 Å². The number of ether oxygens (including phenoxy) is 3. The number of carboxylic acids is 1. The molecule has 3 rings (SSSR count). The van der Waals surface area contributed by atoms with Crippen molar-refractivity contribution in [2.45, 2.75) is 44.7 Å². The van der Waals surface area contributed by atoms with Crippen molar-refractivity contribution in [1.29, 1.82) is 0 Å². The van der Waals surface area contributed by atoms with Crippen molar-refractivity contribution in [2.75, 3.05) is 0 Å². The topological polar surface area (TPSA) is 157 Å². The summed E-state index contributed by atoms with van der Waals surface area (Å²) in [5.41, 5.74) is -0.922. The van der Waals surface area contributed by atoms with Crippen molar-refractivity contribution in [3.8, 4) is 0 Å². The monoisotopic (exact) mass is 562 g/mol. The summed E-state index contributed by atoms with van der Waals surface area (Å²) in [6, 6.07) is 24.4. The zero-order chi connectivity index (χ0) is 29.7. The van der Waals surface area contributed by atoms with Gasteiger partial charge in [0.15, 0.2) is 0 Å². The molecule has 214 valence electrons. The molecular weight excluding hydrogens is 532 g/mol. The minimum atomic E-state index is -2.75. The Labute approximate surface area is 236 Å². The summed E-state index contributed by atoms with van der Waals surface area (Å²) in [7, 11) is 0. The standard InChI is InChI=1S/C30H30N2O9/c1-21(31-29(38)41-20-24-15-9-4-10-16-24)26(35)32-30(17-25(33)34,27(36)39-18-22-11-5-2-6-12-22)28(37)40-19-23-13-7-3-8-14-23/h2-16,21H,17-20H2,1H3,(H,31,38)(H,32,35)(H,33,34)/t21-/m0/s1. The lowest BCUT2D eigenvalue weighted by Gasteiger charge is -2.30. The van der Waals surface area contributed by atoms with Gasteiger partial charge in [-0.15, -0.1) is 0 Å². The Morgan fingerprint density at radius 2 is 1.07 bits per heavy atom. The van der Waals surface area contributed by atoms with Gasteiger partial charge in [-0.1, -0.05) is 91.0 Å². The summed E-state index contributed by atoms with van der Waals surface area (Å²) in [5.74, 6) is -5.30. The summed E-state index contributed by atoms with van der Waals surface area (Å²) in [6.45, 7) is 0.599. The van der Waals surface area contributed by atoms with Crippen LogP contribution in [0.1, 0.15) is 30.0 Å². The smallest absolute Gasteiger partial charge is 0.408 e. The third-order valence-corrected chi connectivity index (χ3v) is 5.82. The van der Waals surface area contributed by atoms with E-state index in [0.717, 1.165) is 0 Å². The fourth-order valence-electron chi connectivity index (χ4n) is 3.62. The SMILES string of the molecule is C[C@H](NC(=O)OCc1ccccc1)C(=O)NC(CC(=O)O)(C(=O)OCc1ccccc1)C(=O)OCc1ccccc1. The number of benzene rings is 3. The highest BCUT2D eigenvalue weighted by molar-refractivity contribution is 6.10. The largest absolute Gasteiger partial charge is 0.481 e. The Kier molecular flexibility index (Phi) is 11.0. The number of amides is 2. The van der Waals surface area contributed by atoms with E-state index in [2.05, 4.69) is 10.6 Å². The fraction of sp³-hybridized carbons (Fsp3) is 0.233. The van der Waals surface area contributed by atoms with Gasteiger partial charge in [-0.2, -0.15) is 0 Å². The molecule has 2 amide bonds. The van der Waals surface area contributed by atoms with Gasteiger partial charge in [0.25, 0.3) is 0 Å². The number of carboxylic acid groups (broad SMARTS) is 1. The molecule has 0 spiro atoms. The van der Waals surface area contributed by atoms with Crippen molar-refractivity contribution in [3.05, 3.63) is 108 Å². The van der Waals surface area contributed by atoms with Gasteiger partial charge in [0.2, 0.25) is 11.4 Å². The highest BCUT2D eigenvalue weighted by atomic mass is 16.6. The first kappa shape index (κ1) is 30.4. The second kappa shape index (κ2) is 14.8. The van der Waals surface area contributed by atoms with Crippen molar-refractivity contribution in [2.24, 2.45) is 0 Å². The predicted molar refractivity (Wildman–Crippen MR) is 145 cm³/mol. The van der Waals surface area contributed by atoms with E-state index in [0.29, 0.717) is 16.7 Å². The quantitative estimate of drug-likeness (QED) is 0.162. The Morgan fingerprint density at radius 3 is 1.46 bits per heavy atom. The maximum atomic E-state index is 13.4. The van der Waals surface area contributed by atoms with E-state index < -0.39 is 47.9 Å². The van der Waals surface area contributed by atoms with Gasteiger partial charge in [-0.05, 0) is 23.6 Å². The number of alkyl carbamates (subject to hydrolysis) is 1. The number of carbonyl (C=O) groups excluding carboxylic acids is 4. The zero-order valence-electron chi connectivity index (χ0n) is 22.3. The summed E-state index contributed by atoms with van der Waals surface area (Å²) in [5, 5.41) is 14.1. The molecule has 0 fully saturated rings. The first-order chi connectivity index (χ1) is 19.7. The Balaban J connectivity index is 1.78. The molecule has 0 aliphatic carbocycles. The molecule has 0 radical (unpaired) electrons. The van der Waals surface area contributed by atoms with Gasteiger partial charge < -0.3 is 30.0 Å². The van der Waals surface area contributed by atoms with Gasteiger partial charge in [-0.25, -0.2) is 14.4 Å². The second-order valence-corrected chi connectivity index (χ2v) is 9.02. The molecule has 11 nitrogen and oxygen atoms in total. The number of nitrogens with one attached hydrogen (secondary N) is 2. The van der Waals surface area contributed by atoms with Crippen LogP contribution < -0.4 is 10.6 Å². The molecule has 0 bridgehead atoms. The normalized spacial score (nSPS) is 11.4. The molecule has 0 unspecified atom stereocenters. The number of aliphatic carboxylic acids is 1. The van der Waals surface area contributed by atoms with Crippen LogP contribution in [0.15, 0.2) is 91.0 Å². The molecule has 3 N–H and O–H groups in total. The molecule has 0 aliphatic heterocycles. The highest BCUT2D eigenvalue weighted by Gasteiger charge is 2.53. The van der Waals surface area contributed by atoms with E-state index in [1.54, 1.807) is 91.0 Å². The Morgan fingerprint density at radius 1 is 0.683 bits per heavy atom. The third-order valence-electron chi connectivity index (χ3n) is 5.82. The van der Waals surface area contributed by atoms with E-state index in [1.807, 2.05) is 0 Å². The number of hydrogen-bond donors (Lipinski definition) is 3. The van der Waals surface area contributed by atoms with Gasteiger partial charge >= 0.3 is 24.0 Å². The molecule has 0 heterocycles. The average molecular weight is 563 g/mol.